The number of nitrogens with one attached hydrogen (secondary N) is 2. The van der Waals surface area contributed by atoms with Crippen molar-refractivity contribution < 1.29 is 9.90 Å². The number of hydrogen-bond acceptors (Lipinski definition) is 3. The third-order valence-corrected chi connectivity index (χ3v) is 4.41. The number of carbonyl (C=O) groups is 1. The molecule has 0 radical (unpaired) electrons. The highest BCUT2D eigenvalue weighted by molar-refractivity contribution is 5.76. The molecule has 2 rings (SSSR count). The van der Waals surface area contributed by atoms with Gasteiger partial charge in [0, 0.05) is 19.0 Å². The molecule has 2 fully saturated rings. The van der Waals surface area contributed by atoms with E-state index in [0.29, 0.717) is 24.9 Å². The van der Waals surface area contributed by atoms with Gasteiger partial charge in [-0.25, -0.2) is 0 Å². The maximum atomic E-state index is 11.8. The van der Waals surface area contributed by atoms with Crippen LogP contribution in [0.25, 0.3) is 0 Å². The predicted molar refractivity (Wildman–Crippen MR) is 71.2 cm³/mol. The van der Waals surface area contributed by atoms with E-state index in [1.54, 1.807) is 0 Å². The lowest BCUT2D eigenvalue weighted by Gasteiger charge is -2.35. The van der Waals surface area contributed by atoms with Crippen LogP contribution in [0.2, 0.25) is 0 Å². The van der Waals surface area contributed by atoms with E-state index in [-0.39, 0.29) is 5.91 Å². The minimum absolute atomic E-state index is 0.0708. The summed E-state index contributed by atoms with van der Waals surface area (Å²) >= 11 is 0. The third-order valence-electron chi connectivity index (χ3n) is 4.41. The summed E-state index contributed by atoms with van der Waals surface area (Å²) in [6, 6.07) is 0.339. The lowest BCUT2D eigenvalue weighted by Crippen LogP contribution is -2.46. The Morgan fingerprint density at radius 1 is 1.39 bits per heavy atom. The normalized spacial score (nSPS) is 36.6. The number of aliphatic hydroxyl groups is 1. The molecule has 1 aliphatic heterocycles. The molecule has 0 aromatic rings. The molecule has 1 atom stereocenters. The second-order valence-corrected chi connectivity index (χ2v) is 6.18. The van der Waals surface area contributed by atoms with Gasteiger partial charge >= 0.3 is 0 Å². The first-order valence-electron chi connectivity index (χ1n) is 7.30. The van der Waals surface area contributed by atoms with Gasteiger partial charge < -0.3 is 15.7 Å². The van der Waals surface area contributed by atoms with Gasteiger partial charge in [0.05, 0.1) is 5.60 Å². The van der Waals surface area contributed by atoms with Gasteiger partial charge in [0.2, 0.25) is 5.91 Å². The summed E-state index contributed by atoms with van der Waals surface area (Å²) in [7, 11) is 0. The number of rotatable bonds is 4. The lowest BCUT2D eigenvalue weighted by molar-refractivity contribution is -0.123. The third kappa shape index (κ3) is 3.95. The van der Waals surface area contributed by atoms with Crippen LogP contribution in [0, 0.1) is 5.92 Å². The number of hydrogen-bond donors (Lipinski definition) is 3. The molecule has 0 aromatic carbocycles. The van der Waals surface area contributed by atoms with Gasteiger partial charge in [0.25, 0.3) is 0 Å². The highest BCUT2D eigenvalue weighted by Gasteiger charge is 2.32. The molecule has 1 saturated carbocycles. The predicted octanol–water partition coefficient (Wildman–Crippen LogP) is 1.19. The fraction of sp³-hybridized carbons (Fsp3) is 0.929. The van der Waals surface area contributed by atoms with Crippen molar-refractivity contribution in [1.82, 2.24) is 10.6 Å². The fourth-order valence-electron chi connectivity index (χ4n) is 2.97. The monoisotopic (exact) mass is 254 g/mol. The minimum atomic E-state index is -0.661. The summed E-state index contributed by atoms with van der Waals surface area (Å²) in [4.78, 5) is 11.8. The summed E-state index contributed by atoms with van der Waals surface area (Å²) in [6.45, 7) is 3.68. The first-order chi connectivity index (χ1) is 8.57. The molecule has 0 spiro atoms. The SMILES string of the molecule is CC1CCC(O)(CNC(=O)CC2CCCN2)CC1. The Morgan fingerprint density at radius 3 is 2.72 bits per heavy atom. The first-order valence-corrected chi connectivity index (χ1v) is 7.30. The van der Waals surface area contributed by atoms with Crippen molar-refractivity contribution >= 4 is 5.91 Å². The number of amides is 1. The van der Waals surface area contributed by atoms with Crippen LogP contribution in [0.4, 0.5) is 0 Å². The highest BCUT2D eigenvalue weighted by atomic mass is 16.3. The molecule has 1 saturated heterocycles. The second-order valence-electron chi connectivity index (χ2n) is 6.18. The molecule has 3 N–H and O–H groups in total. The number of carbonyl (C=O) groups excluding carboxylic acids is 1. The largest absolute Gasteiger partial charge is 0.388 e. The van der Waals surface area contributed by atoms with E-state index in [1.165, 1.54) is 6.42 Å². The van der Waals surface area contributed by atoms with Crippen LogP contribution >= 0.6 is 0 Å². The fourth-order valence-corrected chi connectivity index (χ4v) is 2.97. The van der Waals surface area contributed by atoms with Gasteiger partial charge in [-0.05, 0) is 51.0 Å². The first kappa shape index (κ1) is 13.8. The van der Waals surface area contributed by atoms with Crippen LogP contribution in [-0.2, 0) is 4.79 Å². The Bertz CT molecular complexity index is 280. The van der Waals surface area contributed by atoms with Crippen LogP contribution in [0.15, 0.2) is 0 Å². The molecule has 4 heteroatoms. The van der Waals surface area contributed by atoms with Gasteiger partial charge in [0.1, 0.15) is 0 Å². The minimum Gasteiger partial charge on any atom is -0.388 e. The zero-order valence-electron chi connectivity index (χ0n) is 11.4. The Labute approximate surface area is 110 Å². The summed E-state index contributed by atoms with van der Waals surface area (Å²) < 4.78 is 0. The van der Waals surface area contributed by atoms with Gasteiger partial charge in [0.15, 0.2) is 0 Å². The van der Waals surface area contributed by atoms with E-state index in [1.807, 2.05) is 0 Å². The molecule has 1 aliphatic carbocycles. The summed E-state index contributed by atoms with van der Waals surface area (Å²) in [5.41, 5.74) is -0.661. The quantitative estimate of drug-likeness (QED) is 0.706. The Hall–Kier alpha value is -0.610. The average molecular weight is 254 g/mol. The maximum Gasteiger partial charge on any atom is 0.221 e. The van der Waals surface area contributed by atoms with E-state index in [9.17, 15) is 9.90 Å². The average Bonchev–Trinajstić information content (AvgIpc) is 2.84. The van der Waals surface area contributed by atoms with E-state index in [0.717, 1.165) is 38.6 Å². The molecule has 4 nitrogen and oxygen atoms in total. The summed E-state index contributed by atoms with van der Waals surface area (Å²) in [5, 5.41) is 16.6. The van der Waals surface area contributed by atoms with E-state index in [2.05, 4.69) is 17.6 Å². The van der Waals surface area contributed by atoms with Crippen molar-refractivity contribution in [3.63, 3.8) is 0 Å². The molecule has 18 heavy (non-hydrogen) atoms. The van der Waals surface area contributed by atoms with Crippen LogP contribution in [-0.4, -0.2) is 35.7 Å². The van der Waals surface area contributed by atoms with Crippen molar-refractivity contribution in [2.75, 3.05) is 13.1 Å². The summed E-state index contributed by atoms with van der Waals surface area (Å²) in [5.74, 6) is 0.783. The zero-order chi connectivity index (χ0) is 13.0. The van der Waals surface area contributed by atoms with E-state index >= 15 is 0 Å². The van der Waals surface area contributed by atoms with Gasteiger partial charge in [-0.15, -0.1) is 0 Å². The van der Waals surface area contributed by atoms with Crippen molar-refractivity contribution in [2.45, 2.75) is 63.5 Å². The van der Waals surface area contributed by atoms with Gasteiger partial charge in [-0.1, -0.05) is 6.92 Å². The van der Waals surface area contributed by atoms with Gasteiger partial charge in [-0.2, -0.15) is 0 Å². The van der Waals surface area contributed by atoms with Gasteiger partial charge in [-0.3, -0.25) is 4.79 Å². The molecule has 0 bridgehead atoms. The van der Waals surface area contributed by atoms with Crippen LogP contribution in [0.3, 0.4) is 0 Å². The molecule has 2 aliphatic rings. The highest BCUT2D eigenvalue weighted by Crippen LogP contribution is 2.31. The standard InChI is InChI=1S/C14H26N2O2/c1-11-4-6-14(18,7-5-11)10-16-13(17)9-12-3-2-8-15-12/h11-12,15,18H,2-10H2,1H3,(H,16,17). The van der Waals surface area contributed by atoms with Crippen LogP contribution in [0.1, 0.15) is 51.9 Å². The smallest absolute Gasteiger partial charge is 0.221 e. The van der Waals surface area contributed by atoms with Crippen molar-refractivity contribution in [2.24, 2.45) is 5.92 Å². The Kier molecular flexibility index (Phi) is 4.62. The lowest BCUT2D eigenvalue weighted by atomic mass is 9.79. The molecule has 1 amide bonds. The van der Waals surface area contributed by atoms with E-state index in [4.69, 9.17) is 0 Å². The molecule has 0 aromatic heterocycles. The van der Waals surface area contributed by atoms with Crippen LogP contribution in [0.5, 0.6) is 0 Å². The van der Waals surface area contributed by atoms with E-state index < -0.39 is 5.60 Å². The van der Waals surface area contributed by atoms with Crippen LogP contribution < -0.4 is 10.6 Å². The molecular formula is C14H26N2O2. The van der Waals surface area contributed by atoms with Crippen molar-refractivity contribution in [3.05, 3.63) is 0 Å². The molecule has 1 unspecified atom stereocenters. The zero-order valence-corrected chi connectivity index (χ0v) is 11.4. The Balaban J connectivity index is 1.68. The Morgan fingerprint density at radius 2 is 2.11 bits per heavy atom. The molecular weight excluding hydrogens is 228 g/mol. The second kappa shape index (κ2) is 6.02. The van der Waals surface area contributed by atoms with Crippen molar-refractivity contribution in [3.8, 4) is 0 Å². The molecule has 1 heterocycles. The summed E-state index contributed by atoms with van der Waals surface area (Å²) in [6.07, 6.45) is 6.57. The topological polar surface area (TPSA) is 61.4 Å². The molecule has 104 valence electrons. The maximum absolute atomic E-state index is 11.8. The van der Waals surface area contributed by atoms with Crippen molar-refractivity contribution in [1.29, 1.82) is 0 Å².